The minimum absolute atomic E-state index is 0.00559. The molecule has 0 bridgehead atoms. The molecule has 2 amide bonds. The molecule has 2 aliphatic rings. The van der Waals surface area contributed by atoms with Crippen molar-refractivity contribution in [3.05, 3.63) is 35.9 Å². The lowest BCUT2D eigenvalue weighted by Crippen LogP contribution is -2.32. The fourth-order valence-corrected chi connectivity index (χ4v) is 3.53. The maximum Gasteiger partial charge on any atom is 0.224 e. The summed E-state index contributed by atoms with van der Waals surface area (Å²) in [7, 11) is 1.62. The lowest BCUT2D eigenvalue weighted by atomic mass is 9.97. The second-order valence-corrected chi connectivity index (χ2v) is 7.41. The van der Waals surface area contributed by atoms with Crippen molar-refractivity contribution in [1.82, 2.24) is 10.6 Å². The van der Waals surface area contributed by atoms with Crippen molar-refractivity contribution >= 4 is 11.8 Å². The molecule has 1 aromatic carbocycles. The molecule has 0 saturated heterocycles. The summed E-state index contributed by atoms with van der Waals surface area (Å²) in [5.74, 6) is 1.07. The Hall–Kier alpha value is -2.50. The van der Waals surface area contributed by atoms with E-state index in [1.54, 1.807) is 7.11 Å². The third kappa shape index (κ3) is 6.01. The zero-order valence-corrected chi connectivity index (χ0v) is 16.5. The van der Waals surface area contributed by atoms with Crippen LogP contribution in [0.25, 0.3) is 0 Å². The van der Waals surface area contributed by atoms with Crippen molar-refractivity contribution in [2.24, 2.45) is 11.8 Å². The van der Waals surface area contributed by atoms with Gasteiger partial charge in [0.1, 0.15) is 18.1 Å². The number of allylic oxidation sites excluding steroid dienone is 1. The molecule has 28 heavy (non-hydrogen) atoms. The highest BCUT2D eigenvalue weighted by atomic mass is 16.5. The first-order chi connectivity index (χ1) is 13.7. The number of amides is 2. The van der Waals surface area contributed by atoms with E-state index in [1.807, 2.05) is 24.3 Å². The Bertz CT molecular complexity index is 699. The Morgan fingerprint density at radius 2 is 1.68 bits per heavy atom. The highest BCUT2D eigenvalue weighted by molar-refractivity contribution is 5.92. The molecule has 2 atom stereocenters. The first-order valence-electron chi connectivity index (χ1n) is 10.2. The van der Waals surface area contributed by atoms with Crippen LogP contribution in [0.3, 0.4) is 0 Å². The summed E-state index contributed by atoms with van der Waals surface area (Å²) in [6.07, 6.45) is 8.72. The van der Waals surface area contributed by atoms with E-state index in [-0.39, 0.29) is 23.7 Å². The Labute approximate surface area is 166 Å². The Balaban J connectivity index is 1.27. The fraction of sp³-hybridized carbons (Fsp3) is 0.545. The third-order valence-corrected chi connectivity index (χ3v) is 5.32. The van der Waals surface area contributed by atoms with E-state index in [9.17, 15) is 9.59 Å². The van der Waals surface area contributed by atoms with Crippen molar-refractivity contribution in [3.8, 4) is 11.5 Å². The number of benzene rings is 1. The molecule has 3 rings (SSSR count). The van der Waals surface area contributed by atoms with Gasteiger partial charge in [0, 0.05) is 6.54 Å². The molecule has 0 radical (unpaired) electrons. The van der Waals surface area contributed by atoms with Gasteiger partial charge in [-0.1, -0.05) is 11.6 Å². The van der Waals surface area contributed by atoms with Crippen LogP contribution in [0.4, 0.5) is 0 Å². The SMILES string of the molecule is COc1ccc(OCCNC(=O)C2CC2C(=O)NCCC2=CCCCC2)cc1. The lowest BCUT2D eigenvalue weighted by Gasteiger charge is -2.13. The quantitative estimate of drug-likeness (QED) is 0.479. The van der Waals surface area contributed by atoms with E-state index in [2.05, 4.69) is 16.7 Å². The van der Waals surface area contributed by atoms with E-state index >= 15 is 0 Å². The third-order valence-electron chi connectivity index (χ3n) is 5.32. The van der Waals surface area contributed by atoms with Crippen LogP contribution in [0.15, 0.2) is 35.9 Å². The molecule has 2 unspecified atom stereocenters. The molecular formula is C22H30N2O4. The van der Waals surface area contributed by atoms with Gasteiger partial charge >= 0.3 is 0 Å². The van der Waals surface area contributed by atoms with Crippen molar-refractivity contribution < 1.29 is 19.1 Å². The number of ether oxygens (including phenoxy) is 2. The monoisotopic (exact) mass is 386 g/mol. The summed E-state index contributed by atoms with van der Waals surface area (Å²) in [6.45, 7) is 1.48. The molecule has 152 valence electrons. The van der Waals surface area contributed by atoms with Crippen LogP contribution < -0.4 is 20.1 Å². The zero-order valence-electron chi connectivity index (χ0n) is 16.5. The van der Waals surface area contributed by atoms with Gasteiger partial charge in [-0.25, -0.2) is 0 Å². The first kappa shape index (κ1) is 20.2. The second-order valence-electron chi connectivity index (χ2n) is 7.41. The predicted molar refractivity (Wildman–Crippen MR) is 107 cm³/mol. The number of carbonyl (C=O) groups excluding carboxylic acids is 2. The van der Waals surface area contributed by atoms with Gasteiger partial charge in [-0.05, 0) is 62.8 Å². The molecular weight excluding hydrogens is 356 g/mol. The molecule has 1 fully saturated rings. The van der Waals surface area contributed by atoms with Crippen LogP contribution in [0, 0.1) is 11.8 Å². The summed E-state index contributed by atoms with van der Waals surface area (Å²) < 4.78 is 10.7. The van der Waals surface area contributed by atoms with Crippen LogP contribution in [-0.4, -0.2) is 38.6 Å². The molecule has 1 saturated carbocycles. The minimum atomic E-state index is -0.199. The Kier molecular flexibility index (Phi) is 7.34. The highest BCUT2D eigenvalue weighted by Gasteiger charge is 2.47. The van der Waals surface area contributed by atoms with E-state index in [4.69, 9.17) is 9.47 Å². The number of hydrogen-bond donors (Lipinski definition) is 2. The van der Waals surface area contributed by atoms with Gasteiger partial charge in [0.2, 0.25) is 11.8 Å². The average Bonchev–Trinajstić information content (AvgIpc) is 3.53. The maximum atomic E-state index is 12.2. The summed E-state index contributed by atoms with van der Waals surface area (Å²) in [5, 5.41) is 5.83. The van der Waals surface area contributed by atoms with E-state index < -0.39 is 0 Å². The highest BCUT2D eigenvalue weighted by Crippen LogP contribution is 2.38. The molecule has 1 aromatic rings. The largest absolute Gasteiger partial charge is 0.497 e. The number of rotatable bonds is 10. The van der Waals surface area contributed by atoms with Gasteiger partial charge in [-0.15, -0.1) is 0 Å². The standard InChI is InChI=1S/C22H30N2O4/c1-27-17-7-9-18(10-8-17)28-14-13-24-22(26)20-15-19(20)21(25)23-12-11-16-5-3-2-4-6-16/h5,7-10,19-20H,2-4,6,11-15H2,1H3,(H,23,25)(H,24,26). The summed E-state index contributed by atoms with van der Waals surface area (Å²) in [5.41, 5.74) is 1.45. The number of nitrogens with one attached hydrogen (secondary N) is 2. The summed E-state index contributed by atoms with van der Waals surface area (Å²) in [4.78, 5) is 24.3. The first-order valence-corrected chi connectivity index (χ1v) is 10.2. The molecule has 6 heteroatoms. The Morgan fingerprint density at radius 3 is 2.32 bits per heavy atom. The van der Waals surface area contributed by atoms with Crippen LogP contribution >= 0.6 is 0 Å². The summed E-state index contributed by atoms with van der Waals surface area (Å²) >= 11 is 0. The maximum absolute atomic E-state index is 12.2. The van der Waals surface area contributed by atoms with Crippen LogP contribution in [0.1, 0.15) is 38.5 Å². The molecule has 6 nitrogen and oxygen atoms in total. The normalized spacial score (nSPS) is 20.7. The second kappa shape index (κ2) is 10.2. The predicted octanol–water partition coefficient (Wildman–Crippen LogP) is 2.83. The van der Waals surface area contributed by atoms with Crippen molar-refractivity contribution in [1.29, 1.82) is 0 Å². The van der Waals surface area contributed by atoms with Gasteiger partial charge < -0.3 is 20.1 Å². The molecule has 0 aliphatic heterocycles. The van der Waals surface area contributed by atoms with Crippen LogP contribution in [0.2, 0.25) is 0 Å². The number of hydrogen-bond acceptors (Lipinski definition) is 4. The molecule has 0 heterocycles. The molecule has 2 aliphatic carbocycles. The molecule has 2 N–H and O–H groups in total. The number of carbonyl (C=O) groups is 2. The van der Waals surface area contributed by atoms with E-state index in [1.165, 1.54) is 18.4 Å². The van der Waals surface area contributed by atoms with Crippen molar-refractivity contribution in [2.75, 3.05) is 26.8 Å². The Morgan fingerprint density at radius 1 is 1.00 bits per heavy atom. The minimum Gasteiger partial charge on any atom is -0.497 e. The van der Waals surface area contributed by atoms with Gasteiger partial charge in [0.15, 0.2) is 0 Å². The molecule has 0 aromatic heterocycles. The average molecular weight is 386 g/mol. The zero-order chi connectivity index (χ0) is 19.8. The van der Waals surface area contributed by atoms with Gasteiger partial charge in [-0.2, -0.15) is 0 Å². The van der Waals surface area contributed by atoms with Crippen molar-refractivity contribution in [3.63, 3.8) is 0 Å². The lowest BCUT2D eigenvalue weighted by molar-refractivity contribution is -0.127. The van der Waals surface area contributed by atoms with E-state index in [0.717, 1.165) is 30.8 Å². The van der Waals surface area contributed by atoms with Crippen LogP contribution in [0.5, 0.6) is 11.5 Å². The van der Waals surface area contributed by atoms with Gasteiger partial charge in [0.25, 0.3) is 0 Å². The topological polar surface area (TPSA) is 76.7 Å². The smallest absolute Gasteiger partial charge is 0.224 e. The van der Waals surface area contributed by atoms with Crippen LogP contribution in [-0.2, 0) is 9.59 Å². The van der Waals surface area contributed by atoms with Gasteiger partial charge in [0.05, 0.1) is 25.5 Å². The number of methoxy groups -OCH3 is 1. The van der Waals surface area contributed by atoms with Gasteiger partial charge in [-0.3, -0.25) is 9.59 Å². The summed E-state index contributed by atoms with van der Waals surface area (Å²) in [6, 6.07) is 7.30. The molecule has 0 spiro atoms. The van der Waals surface area contributed by atoms with Crippen molar-refractivity contribution in [2.45, 2.75) is 38.5 Å². The fourth-order valence-electron chi connectivity index (χ4n) is 3.53. The van der Waals surface area contributed by atoms with E-state index in [0.29, 0.717) is 26.1 Å².